The van der Waals surface area contributed by atoms with E-state index in [1.54, 1.807) is 66.9 Å². The van der Waals surface area contributed by atoms with Gasteiger partial charge in [-0.1, -0.05) is 48.5 Å². The van der Waals surface area contributed by atoms with Crippen molar-refractivity contribution < 1.29 is 9.18 Å². The summed E-state index contributed by atoms with van der Waals surface area (Å²) >= 11 is 0. The second-order valence-electron chi connectivity index (χ2n) is 5.83. The normalized spacial score (nSPS) is 13.0. The molecule has 0 fully saturated rings. The van der Waals surface area contributed by atoms with Crippen LogP contribution in [0.15, 0.2) is 96.0 Å². The summed E-state index contributed by atoms with van der Waals surface area (Å²) in [6.45, 7) is 0. The summed E-state index contributed by atoms with van der Waals surface area (Å²) in [5, 5.41) is 18.6. The molecule has 1 heterocycles. The highest BCUT2D eigenvalue weighted by Crippen LogP contribution is 2.26. The molecule has 0 saturated carbocycles. The summed E-state index contributed by atoms with van der Waals surface area (Å²) in [5.41, 5.74) is 1.25. The van der Waals surface area contributed by atoms with Gasteiger partial charge in [-0.05, 0) is 35.9 Å². The van der Waals surface area contributed by atoms with Gasteiger partial charge in [-0.2, -0.15) is 10.5 Å². The smallest absolute Gasteiger partial charge is 0.209 e. The molecular weight excluding hydrogens is 353 g/mol. The van der Waals surface area contributed by atoms with Gasteiger partial charge in [0.05, 0.1) is 11.4 Å². The Balaban J connectivity index is 2.19. The lowest BCUT2D eigenvalue weighted by atomic mass is 10.0. The molecule has 1 aliphatic heterocycles. The molecule has 0 atom stereocenters. The lowest BCUT2D eigenvalue weighted by Gasteiger charge is -2.26. The average molecular weight is 367 g/mol. The van der Waals surface area contributed by atoms with E-state index >= 15 is 0 Å². The minimum atomic E-state index is -0.431. The van der Waals surface area contributed by atoms with E-state index in [-0.39, 0.29) is 22.8 Å². The molecule has 1 aliphatic rings. The van der Waals surface area contributed by atoms with Crippen LogP contribution >= 0.6 is 0 Å². The van der Waals surface area contributed by atoms with Crippen molar-refractivity contribution in [3.05, 3.63) is 113 Å². The van der Waals surface area contributed by atoms with Crippen molar-refractivity contribution in [2.75, 3.05) is 0 Å². The minimum Gasteiger partial charge on any atom is -0.312 e. The molecule has 2 aromatic carbocycles. The monoisotopic (exact) mass is 367 g/mol. The van der Waals surface area contributed by atoms with Crippen LogP contribution in [0.4, 0.5) is 4.39 Å². The number of nitriles is 2. The number of hydrogen-bond acceptors (Lipinski definition) is 4. The molecule has 4 nitrogen and oxygen atoms in total. The maximum Gasteiger partial charge on any atom is 0.209 e. The maximum atomic E-state index is 13.6. The molecule has 0 unspecified atom stereocenters. The summed E-state index contributed by atoms with van der Waals surface area (Å²) in [7, 11) is 0. The van der Waals surface area contributed by atoms with Crippen LogP contribution in [0.1, 0.15) is 15.9 Å². The number of halogens is 1. The quantitative estimate of drug-likeness (QED) is 0.445. The summed E-state index contributed by atoms with van der Waals surface area (Å²) in [4.78, 5) is 14.7. The number of allylic oxidation sites excluding steroid dienone is 5. The molecule has 28 heavy (non-hydrogen) atoms. The molecule has 0 spiro atoms. The predicted octanol–water partition coefficient (Wildman–Crippen LogP) is 4.74. The zero-order chi connectivity index (χ0) is 19.9. The fraction of sp³-hybridized carbons (Fsp3) is 0. The van der Waals surface area contributed by atoms with Crippen LogP contribution in [-0.2, 0) is 0 Å². The third-order valence-corrected chi connectivity index (χ3v) is 4.02. The van der Waals surface area contributed by atoms with Crippen LogP contribution in [0.5, 0.6) is 0 Å². The molecule has 0 N–H and O–H groups in total. The van der Waals surface area contributed by atoms with Crippen LogP contribution in [-0.4, -0.2) is 10.7 Å². The van der Waals surface area contributed by atoms with E-state index in [1.165, 1.54) is 23.1 Å². The van der Waals surface area contributed by atoms with Crippen LogP contribution in [0.25, 0.3) is 6.08 Å². The van der Waals surface area contributed by atoms with E-state index in [1.807, 2.05) is 12.1 Å². The molecule has 2 aromatic rings. The number of benzene rings is 2. The van der Waals surface area contributed by atoms with Crippen LogP contribution in [0.3, 0.4) is 0 Å². The topological polar surface area (TPSA) is 67.9 Å². The Labute approximate surface area is 162 Å². The minimum absolute atomic E-state index is 0.133. The molecule has 0 saturated heterocycles. The highest BCUT2D eigenvalue weighted by Gasteiger charge is 2.23. The first kappa shape index (κ1) is 18.6. The van der Waals surface area contributed by atoms with Crippen molar-refractivity contribution in [3.63, 3.8) is 0 Å². The first-order valence-electron chi connectivity index (χ1n) is 8.39. The van der Waals surface area contributed by atoms with Gasteiger partial charge in [0.25, 0.3) is 0 Å². The summed E-state index contributed by atoms with van der Waals surface area (Å²) < 4.78 is 13.6. The Morgan fingerprint density at radius 1 is 1.00 bits per heavy atom. The number of Topliss-reactive ketones (excluding diaryl/α,β-unsaturated/α-hetero) is 1. The molecule has 5 heteroatoms. The number of carbonyl (C=O) groups is 1. The van der Waals surface area contributed by atoms with E-state index in [2.05, 4.69) is 0 Å². The number of rotatable bonds is 4. The standard InChI is InChI=1S/C23H14FN3O/c24-20-10-6-7-17(13-20)14-22(23(28)18-8-2-1-3-9-18)27-12-5-4-11-21(27)19(15-25)16-26/h1-14H/b22-14-. The third kappa shape index (κ3) is 3.95. The third-order valence-electron chi connectivity index (χ3n) is 4.02. The Morgan fingerprint density at radius 2 is 1.75 bits per heavy atom. The Hall–Kier alpha value is -4.22. The molecule has 3 rings (SSSR count). The van der Waals surface area contributed by atoms with Gasteiger partial charge in [0.15, 0.2) is 5.57 Å². The first-order chi connectivity index (χ1) is 13.6. The fourth-order valence-corrected chi connectivity index (χ4v) is 2.73. The van der Waals surface area contributed by atoms with Gasteiger partial charge in [-0.15, -0.1) is 0 Å². The van der Waals surface area contributed by atoms with Crippen molar-refractivity contribution in [2.45, 2.75) is 0 Å². The zero-order valence-electron chi connectivity index (χ0n) is 14.7. The highest BCUT2D eigenvalue weighted by atomic mass is 19.1. The summed E-state index contributed by atoms with van der Waals surface area (Å²) in [6.07, 6.45) is 8.07. The number of carbonyl (C=O) groups excluding carboxylic acids is 1. The SMILES string of the molecule is N#CC(C#N)=C1C=CC=CN1/C(=C\c1cccc(F)c1)C(=O)c1ccccc1. The Morgan fingerprint density at radius 3 is 2.43 bits per heavy atom. The van der Waals surface area contributed by atoms with Gasteiger partial charge in [0.1, 0.15) is 18.0 Å². The van der Waals surface area contributed by atoms with Gasteiger partial charge < -0.3 is 4.90 Å². The van der Waals surface area contributed by atoms with E-state index in [9.17, 15) is 19.7 Å². The van der Waals surface area contributed by atoms with Gasteiger partial charge >= 0.3 is 0 Å². The molecule has 0 amide bonds. The second kappa shape index (κ2) is 8.44. The van der Waals surface area contributed by atoms with Gasteiger partial charge in [0.2, 0.25) is 5.78 Å². The van der Waals surface area contributed by atoms with Crippen molar-refractivity contribution in [3.8, 4) is 12.1 Å². The van der Waals surface area contributed by atoms with E-state index in [0.29, 0.717) is 11.1 Å². The van der Waals surface area contributed by atoms with Crippen molar-refractivity contribution in [1.82, 2.24) is 4.90 Å². The Kier molecular flexibility index (Phi) is 5.60. The molecule has 134 valence electrons. The molecule has 0 aromatic heterocycles. The number of hydrogen-bond donors (Lipinski definition) is 0. The fourth-order valence-electron chi connectivity index (χ4n) is 2.73. The summed E-state index contributed by atoms with van der Waals surface area (Å²) in [5.74, 6) is -0.752. The van der Waals surface area contributed by atoms with E-state index < -0.39 is 5.82 Å². The van der Waals surface area contributed by atoms with E-state index in [0.717, 1.165) is 0 Å². The lowest BCUT2D eigenvalue weighted by molar-refractivity contribution is 0.101. The molecule has 0 bridgehead atoms. The predicted molar refractivity (Wildman–Crippen MR) is 104 cm³/mol. The maximum absolute atomic E-state index is 13.6. The van der Waals surface area contributed by atoms with Crippen LogP contribution in [0.2, 0.25) is 0 Å². The molecule has 0 aliphatic carbocycles. The zero-order valence-corrected chi connectivity index (χ0v) is 14.7. The van der Waals surface area contributed by atoms with Crippen molar-refractivity contribution in [2.24, 2.45) is 0 Å². The largest absolute Gasteiger partial charge is 0.312 e. The molecule has 0 radical (unpaired) electrons. The van der Waals surface area contributed by atoms with Crippen LogP contribution in [0, 0.1) is 28.5 Å². The number of ketones is 1. The average Bonchev–Trinajstić information content (AvgIpc) is 2.74. The van der Waals surface area contributed by atoms with Gasteiger partial charge in [-0.3, -0.25) is 4.79 Å². The van der Waals surface area contributed by atoms with Gasteiger partial charge in [0, 0.05) is 11.8 Å². The van der Waals surface area contributed by atoms with Crippen molar-refractivity contribution in [1.29, 1.82) is 10.5 Å². The van der Waals surface area contributed by atoms with Crippen molar-refractivity contribution >= 4 is 11.9 Å². The number of nitrogens with zero attached hydrogens (tertiary/aromatic N) is 3. The second-order valence-corrected chi connectivity index (χ2v) is 5.83. The summed E-state index contributed by atoms with van der Waals surface area (Å²) in [6, 6.07) is 18.2. The first-order valence-corrected chi connectivity index (χ1v) is 8.39. The Bertz CT molecular complexity index is 1100. The van der Waals surface area contributed by atoms with E-state index in [4.69, 9.17) is 0 Å². The lowest BCUT2D eigenvalue weighted by Crippen LogP contribution is -2.24. The molecular formula is C23H14FN3O. The van der Waals surface area contributed by atoms with Gasteiger partial charge in [-0.25, -0.2) is 4.39 Å². The van der Waals surface area contributed by atoms with Crippen LogP contribution < -0.4 is 0 Å². The highest BCUT2D eigenvalue weighted by molar-refractivity contribution is 6.11.